The van der Waals surface area contributed by atoms with Crippen LogP contribution in [0.3, 0.4) is 0 Å². The molecule has 4 heterocycles. The molecule has 192 valence electrons. The van der Waals surface area contributed by atoms with Crippen molar-refractivity contribution in [3.63, 3.8) is 0 Å². The van der Waals surface area contributed by atoms with Gasteiger partial charge in [-0.2, -0.15) is 0 Å². The molecule has 1 amide bonds. The molecule has 0 radical (unpaired) electrons. The van der Waals surface area contributed by atoms with E-state index in [-0.39, 0.29) is 59.9 Å². The predicted octanol–water partition coefficient (Wildman–Crippen LogP) is 3.33. The van der Waals surface area contributed by atoms with Crippen molar-refractivity contribution in [1.82, 2.24) is 9.80 Å². The van der Waals surface area contributed by atoms with Crippen LogP contribution in [0.5, 0.6) is 0 Å². The van der Waals surface area contributed by atoms with Crippen LogP contribution < -0.4 is 0 Å². The lowest BCUT2D eigenvalue weighted by atomic mass is 9.68. The lowest BCUT2D eigenvalue weighted by molar-refractivity contribution is -0.121. The van der Waals surface area contributed by atoms with Gasteiger partial charge in [-0.25, -0.2) is 13.6 Å². The predicted molar refractivity (Wildman–Crippen MR) is 121 cm³/mol. The molecule has 34 heavy (non-hydrogen) atoms. The van der Waals surface area contributed by atoms with Gasteiger partial charge in [-0.05, 0) is 51.9 Å². The zero-order chi connectivity index (χ0) is 24.3. The molecule has 0 unspecified atom stereocenters. The summed E-state index contributed by atoms with van der Waals surface area (Å²) in [5.41, 5.74) is 0.644. The number of nitrogens with zero attached hydrogens (tertiary/aromatic N) is 2. The number of rotatable bonds is 7. The monoisotopic (exact) mass is 484 g/mol. The van der Waals surface area contributed by atoms with Gasteiger partial charge in [0.2, 0.25) is 0 Å². The average molecular weight is 485 g/mol. The average Bonchev–Trinajstić information content (AvgIpc) is 3.57. The maximum atomic E-state index is 13.1. The number of alkyl halides is 2. The minimum atomic E-state index is -2.32. The third-order valence-corrected chi connectivity index (χ3v) is 8.71. The second-order valence-corrected chi connectivity index (χ2v) is 11.3. The van der Waals surface area contributed by atoms with Crippen molar-refractivity contribution in [3.8, 4) is 0 Å². The van der Waals surface area contributed by atoms with Crippen LogP contribution in [-0.4, -0.2) is 98.3 Å². The highest BCUT2D eigenvalue weighted by molar-refractivity contribution is 5.68. The molecule has 4 saturated heterocycles. The zero-order valence-corrected chi connectivity index (χ0v) is 20.7. The Bertz CT molecular complexity index is 803. The molecule has 9 heteroatoms. The Morgan fingerprint density at radius 1 is 1.21 bits per heavy atom. The van der Waals surface area contributed by atoms with E-state index in [1.165, 1.54) is 5.57 Å². The smallest absolute Gasteiger partial charge is 0.410 e. The van der Waals surface area contributed by atoms with Crippen molar-refractivity contribution in [3.05, 3.63) is 11.6 Å². The minimum absolute atomic E-state index is 0.00650. The number of likely N-dealkylation sites (tertiary alicyclic amines) is 2. The van der Waals surface area contributed by atoms with Gasteiger partial charge in [0.15, 0.2) is 0 Å². The van der Waals surface area contributed by atoms with E-state index < -0.39 is 6.43 Å². The van der Waals surface area contributed by atoms with Crippen LogP contribution in [0.2, 0.25) is 0 Å². The number of carbonyl (C=O) groups excluding carboxylic acids is 1. The van der Waals surface area contributed by atoms with Gasteiger partial charge in [0.05, 0.1) is 25.2 Å². The summed E-state index contributed by atoms with van der Waals surface area (Å²) in [7, 11) is 1.68. The largest absolute Gasteiger partial charge is 0.443 e. The summed E-state index contributed by atoms with van der Waals surface area (Å²) in [5, 5.41) is 0. The molecule has 1 saturated carbocycles. The van der Waals surface area contributed by atoms with E-state index in [0.717, 1.165) is 12.8 Å². The molecule has 0 N–H and O–H groups in total. The van der Waals surface area contributed by atoms with Crippen LogP contribution in [0, 0.1) is 17.8 Å². The number of halogens is 2. The highest BCUT2D eigenvalue weighted by Crippen LogP contribution is 2.59. The molecule has 5 fully saturated rings. The highest BCUT2D eigenvalue weighted by atomic mass is 19.3. The second-order valence-electron chi connectivity index (χ2n) is 11.3. The number of epoxide rings is 2. The Kier molecular flexibility index (Phi) is 6.45. The Balaban J connectivity index is 1.21. The number of fused-ring (bicyclic) bond motifs is 1. The second kappa shape index (κ2) is 8.98. The Morgan fingerprint density at radius 3 is 2.44 bits per heavy atom. The first-order valence-electron chi connectivity index (χ1n) is 12.6. The molecule has 7 nitrogen and oxygen atoms in total. The fraction of sp³-hybridized carbons (Fsp3) is 0.880. The van der Waals surface area contributed by atoms with E-state index >= 15 is 0 Å². The van der Waals surface area contributed by atoms with Crippen LogP contribution in [0.1, 0.15) is 40.0 Å². The summed E-state index contributed by atoms with van der Waals surface area (Å²) >= 11 is 0. The fourth-order valence-corrected chi connectivity index (χ4v) is 6.86. The van der Waals surface area contributed by atoms with Crippen molar-refractivity contribution < 1.29 is 32.5 Å². The normalized spacial score (nSPS) is 43.3. The summed E-state index contributed by atoms with van der Waals surface area (Å²) in [5.74, 6) is 0.468. The minimum Gasteiger partial charge on any atom is -0.443 e. The van der Waals surface area contributed by atoms with Crippen LogP contribution in [0.15, 0.2) is 11.6 Å². The summed E-state index contributed by atoms with van der Waals surface area (Å²) in [4.78, 5) is 16.7. The molecule has 1 aliphatic carbocycles. The van der Waals surface area contributed by atoms with E-state index in [9.17, 15) is 13.6 Å². The van der Waals surface area contributed by atoms with E-state index in [1.54, 1.807) is 12.0 Å². The topological polar surface area (TPSA) is 67.1 Å². The van der Waals surface area contributed by atoms with Gasteiger partial charge in [0.25, 0.3) is 6.43 Å². The van der Waals surface area contributed by atoms with Gasteiger partial charge in [-0.1, -0.05) is 11.6 Å². The Morgan fingerprint density at radius 2 is 1.88 bits per heavy atom. The molecule has 0 aromatic heterocycles. The Hall–Kier alpha value is -1.29. The SMILES string of the molecule is CO[C@@H]1[C@H](OC(=O)N2C[C@H]3CN(CC(F)F)C[C@H]3C2)CC[C@]2(CO2)[C@H]1[C@@]1(C)O[C@@H]1CC=C(C)C. The first-order valence-corrected chi connectivity index (χ1v) is 12.6. The number of amides is 1. The first-order chi connectivity index (χ1) is 16.1. The maximum Gasteiger partial charge on any atom is 0.410 e. The summed E-state index contributed by atoms with van der Waals surface area (Å²) in [6.07, 6.45) is 1.37. The molecule has 0 bridgehead atoms. The molecular weight excluding hydrogens is 446 g/mol. The summed E-state index contributed by atoms with van der Waals surface area (Å²) < 4.78 is 49.7. The van der Waals surface area contributed by atoms with Gasteiger partial charge < -0.3 is 23.8 Å². The van der Waals surface area contributed by atoms with Gasteiger partial charge in [0, 0.05) is 33.3 Å². The van der Waals surface area contributed by atoms with E-state index in [0.29, 0.717) is 39.2 Å². The van der Waals surface area contributed by atoms with Crippen molar-refractivity contribution in [1.29, 1.82) is 0 Å². The molecular formula is C25H38F2N2O5. The maximum absolute atomic E-state index is 13.1. The van der Waals surface area contributed by atoms with Crippen LogP contribution in [-0.2, 0) is 18.9 Å². The van der Waals surface area contributed by atoms with Crippen molar-refractivity contribution in [2.45, 2.75) is 76.0 Å². The van der Waals surface area contributed by atoms with Crippen LogP contribution in [0.25, 0.3) is 0 Å². The number of allylic oxidation sites excluding steroid dienone is 1. The van der Waals surface area contributed by atoms with E-state index in [2.05, 4.69) is 26.8 Å². The summed E-state index contributed by atoms with van der Waals surface area (Å²) in [6, 6.07) is 0. The first kappa shape index (κ1) is 24.4. The molecule has 8 atom stereocenters. The van der Waals surface area contributed by atoms with Crippen molar-refractivity contribution in [2.75, 3.05) is 46.4 Å². The van der Waals surface area contributed by atoms with E-state index in [4.69, 9.17) is 18.9 Å². The number of hydrogen-bond acceptors (Lipinski definition) is 6. The molecule has 4 aliphatic heterocycles. The van der Waals surface area contributed by atoms with Crippen LogP contribution in [0.4, 0.5) is 13.6 Å². The van der Waals surface area contributed by atoms with Gasteiger partial charge in [-0.3, -0.25) is 4.90 Å². The number of methoxy groups -OCH3 is 1. The molecule has 5 aliphatic rings. The molecule has 5 rings (SSSR count). The van der Waals surface area contributed by atoms with Gasteiger partial charge in [-0.15, -0.1) is 0 Å². The third-order valence-electron chi connectivity index (χ3n) is 8.71. The number of carbonyl (C=O) groups is 1. The third kappa shape index (κ3) is 4.49. The van der Waals surface area contributed by atoms with Crippen molar-refractivity contribution in [2.24, 2.45) is 17.8 Å². The van der Waals surface area contributed by atoms with E-state index in [1.807, 2.05) is 4.90 Å². The van der Waals surface area contributed by atoms with Gasteiger partial charge >= 0.3 is 6.09 Å². The lowest BCUT2D eigenvalue weighted by Gasteiger charge is -2.43. The summed E-state index contributed by atoms with van der Waals surface area (Å²) in [6.45, 7) is 9.18. The Labute approximate surface area is 200 Å². The van der Waals surface area contributed by atoms with Gasteiger partial charge in [0.1, 0.15) is 23.4 Å². The lowest BCUT2D eigenvalue weighted by Crippen LogP contribution is -2.56. The molecule has 1 spiro atoms. The van der Waals surface area contributed by atoms with Crippen molar-refractivity contribution >= 4 is 6.09 Å². The standard InChI is InChI=1S/C25H38F2N2O5/c1-15(2)5-6-19-24(3,34-19)22-21(31-4)18(7-8-25(22)14-32-25)33-23(30)29-11-16-9-28(13-20(26)27)10-17(16)12-29/h5,16-22H,6-14H2,1-4H3/t16-,17+,18-,19-,21-,22-,24+,25+/m1/s1. The van der Waals surface area contributed by atoms with Crippen LogP contribution >= 0.6 is 0 Å². The molecule has 0 aromatic carbocycles. The quantitative estimate of drug-likeness (QED) is 0.408. The fourth-order valence-electron chi connectivity index (χ4n) is 6.86. The number of hydrogen-bond donors (Lipinski definition) is 0. The zero-order valence-electron chi connectivity index (χ0n) is 20.7. The highest BCUT2D eigenvalue weighted by Gasteiger charge is 2.72. The molecule has 0 aromatic rings. The number of ether oxygens (including phenoxy) is 4.